The SMILES string of the molecule is Cc1sc(NC(=O)CNc2ccccc2)nc1-c1ccc2c(c1)CCN2C(=O)C1CCCCC1. The van der Waals surface area contributed by atoms with Gasteiger partial charge in [-0.15, -0.1) is 11.3 Å². The molecule has 7 heteroatoms. The summed E-state index contributed by atoms with van der Waals surface area (Å²) < 4.78 is 0. The smallest absolute Gasteiger partial charge is 0.245 e. The number of amides is 2. The van der Waals surface area contributed by atoms with Crippen molar-refractivity contribution >= 4 is 39.7 Å². The zero-order valence-corrected chi connectivity index (χ0v) is 20.3. The molecular formula is C27H30N4O2S. The second kappa shape index (κ2) is 9.97. The van der Waals surface area contributed by atoms with Crippen LogP contribution in [0.4, 0.5) is 16.5 Å². The van der Waals surface area contributed by atoms with Gasteiger partial charge in [0.25, 0.3) is 0 Å². The summed E-state index contributed by atoms with van der Waals surface area (Å²) in [4.78, 5) is 33.2. The first-order valence-electron chi connectivity index (χ1n) is 12.1. The monoisotopic (exact) mass is 474 g/mol. The number of nitrogens with zero attached hydrogens (tertiary/aromatic N) is 2. The Hall–Kier alpha value is -3.19. The molecule has 0 saturated heterocycles. The van der Waals surface area contributed by atoms with Gasteiger partial charge in [0.05, 0.1) is 12.2 Å². The Morgan fingerprint density at radius 3 is 2.68 bits per heavy atom. The van der Waals surface area contributed by atoms with Gasteiger partial charge in [-0.25, -0.2) is 4.98 Å². The summed E-state index contributed by atoms with van der Waals surface area (Å²) in [5.74, 6) is 0.350. The topological polar surface area (TPSA) is 74.3 Å². The number of aryl methyl sites for hydroxylation is 1. The van der Waals surface area contributed by atoms with Gasteiger partial charge in [0, 0.05) is 34.3 Å². The van der Waals surface area contributed by atoms with Crippen molar-refractivity contribution in [1.29, 1.82) is 0 Å². The van der Waals surface area contributed by atoms with Crippen LogP contribution in [0.5, 0.6) is 0 Å². The highest BCUT2D eigenvalue weighted by Gasteiger charge is 2.31. The predicted molar refractivity (Wildman–Crippen MR) is 138 cm³/mol. The van der Waals surface area contributed by atoms with Crippen LogP contribution >= 0.6 is 11.3 Å². The molecule has 2 heterocycles. The number of benzene rings is 2. The molecule has 1 aliphatic heterocycles. The molecule has 5 rings (SSSR count). The Kier molecular flexibility index (Phi) is 6.63. The Bertz CT molecular complexity index is 1180. The molecule has 3 aromatic rings. The molecule has 0 bridgehead atoms. The van der Waals surface area contributed by atoms with Crippen molar-refractivity contribution in [3.63, 3.8) is 0 Å². The number of aromatic nitrogens is 1. The first-order valence-corrected chi connectivity index (χ1v) is 12.9. The third-order valence-corrected chi connectivity index (χ3v) is 7.62. The largest absolute Gasteiger partial charge is 0.376 e. The fourth-order valence-corrected chi connectivity index (χ4v) is 5.82. The summed E-state index contributed by atoms with van der Waals surface area (Å²) in [5.41, 5.74) is 5.07. The van der Waals surface area contributed by atoms with E-state index in [4.69, 9.17) is 4.98 Å². The van der Waals surface area contributed by atoms with Gasteiger partial charge < -0.3 is 15.5 Å². The van der Waals surface area contributed by atoms with E-state index in [1.54, 1.807) is 0 Å². The number of fused-ring (bicyclic) bond motifs is 1. The molecule has 0 unspecified atom stereocenters. The maximum atomic E-state index is 13.1. The van der Waals surface area contributed by atoms with Crippen LogP contribution in [0.1, 0.15) is 42.5 Å². The molecule has 1 aliphatic carbocycles. The van der Waals surface area contributed by atoms with Gasteiger partial charge in [-0.2, -0.15) is 0 Å². The minimum Gasteiger partial charge on any atom is -0.376 e. The summed E-state index contributed by atoms with van der Waals surface area (Å²) >= 11 is 1.48. The Morgan fingerprint density at radius 1 is 1.09 bits per heavy atom. The van der Waals surface area contributed by atoms with Crippen molar-refractivity contribution in [1.82, 2.24) is 4.98 Å². The number of carbonyl (C=O) groups is 2. The molecule has 34 heavy (non-hydrogen) atoms. The standard InChI is InChI=1S/C27H30N4O2S/c1-18-25(30-27(34-18)29-24(32)17-28-22-10-6-3-7-11-22)21-12-13-23-20(16-21)14-15-31(23)26(33)19-8-4-2-5-9-19/h3,6-7,10-13,16,19,28H,2,4-5,8-9,14-15,17H2,1H3,(H,29,30,32). The maximum Gasteiger partial charge on any atom is 0.245 e. The first kappa shape index (κ1) is 22.6. The van der Waals surface area contributed by atoms with E-state index in [-0.39, 0.29) is 18.4 Å². The predicted octanol–water partition coefficient (Wildman–Crippen LogP) is 5.64. The number of para-hydroxylation sites is 1. The molecule has 1 aromatic heterocycles. The van der Waals surface area contributed by atoms with Crippen LogP contribution in [0.25, 0.3) is 11.3 Å². The lowest BCUT2D eigenvalue weighted by atomic mass is 9.88. The van der Waals surface area contributed by atoms with E-state index in [0.717, 1.165) is 53.3 Å². The molecule has 176 valence electrons. The summed E-state index contributed by atoms with van der Waals surface area (Å²) in [5, 5.41) is 6.62. The second-order valence-electron chi connectivity index (χ2n) is 9.11. The molecule has 6 nitrogen and oxygen atoms in total. The van der Waals surface area contributed by atoms with Crippen LogP contribution in [0.2, 0.25) is 0 Å². The summed E-state index contributed by atoms with van der Waals surface area (Å²) in [7, 11) is 0. The molecule has 0 atom stereocenters. The molecule has 2 N–H and O–H groups in total. The van der Waals surface area contributed by atoms with Crippen LogP contribution in [0, 0.1) is 12.8 Å². The van der Waals surface area contributed by atoms with Crippen LogP contribution in [0.15, 0.2) is 48.5 Å². The fraction of sp³-hybridized carbons (Fsp3) is 0.370. The van der Waals surface area contributed by atoms with Gasteiger partial charge in [-0.1, -0.05) is 43.5 Å². The van der Waals surface area contributed by atoms with E-state index in [1.807, 2.05) is 42.2 Å². The third-order valence-electron chi connectivity index (χ3n) is 6.74. The van der Waals surface area contributed by atoms with Crippen LogP contribution < -0.4 is 15.5 Å². The molecular weight excluding hydrogens is 444 g/mol. The molecule has 0 spiro atoms. The molecule has 2 amide bonds. The molecule has 1 saturated carbocycles. The number of rotatable bonds is 6. The number of anilines is 3. The number of hydrogen-bond donors (Lipinski definition) is 2. The summed E-state index contributed by atoms with van der Waals surface area (Å²) in [6, 6.07) is 15.9. The molecule has 1 fully saturated rings. The first-order chi connectivity index (χ1) is 16.6. The minimum atomic E-state index is -0.130. The van der Waals surface area contributed by atoms with E-state index >= 15 is 0 Å². The zero-order chi connectivity index (χ0) is 23.5. The quantitative estimate of drug-likeness (QED) is 0.485. The minimum absolute atomic E-state index is 0.130. The van der Waals surface area contributed by atoms with Crippen molar-refractivity contribution in [2.75, 3.05) is 28.6 Å². The van der Waals surface area contributed by atoms with E-state index in [2.05, 4.69) is 28.8 Å². The highest BCUT2D eigenvalue weighted by molar-refractivity contribution is 7.16. The Morgan fingerprint density at radius 2 is 1.88 bits per heavy atom. The summed E-state index contributed by atoms with van der Waals surface area (Å²) in [6.07, 6.45) is 6.51. The van der Waals surface area contributed by atoms with Crippen LogP contribution in [0.3, 0.4) is 0 Å². The highest BCUT2D eigenvalue weighted by Crippen LogP contribution is 2.37. The highest BCUT2D eigenvalue weighted by atomic mass is 32.1. The number of nitrogens with one attached hydrogen (secondary N) is 2. The van der Waals surface area contributed by atoms with Gasteiger partial charge in [-0.3, -0.25) is 9.59 Å². The Balaban J connectivity index is 1.26. The van der Waals surface area contributed by atoms with Crippen molar-refractivity contribution in [3.8, 4) is 11.3 Å². The average Bonchev–Trinajstić information content (AvgIpc) is 3.46. The summed E-state index contributed by atoms with van der Waals surface area (Å²) in [6.45, 7) is 2.97. The van der Waals surface area contributed by atoms with Gasteiger partial charge >= 0.3 is 0 Å². The lowest BCUT2D eigenvalue weighted by molar-refractivity contribution is -0.123. The maximum absolute atomic E-state index is 13.1. The third kappa shape index (κ3) is 4.85. The molecule has 2 aromatic carbocycles. The fourth-order valence-electron chi connectivity index (χ4n) is 4.97. The normalized spacial score (nSPS) is 15.7. The van der Waals surface area contributed by atoms with E-state index < -0.39 is 0 Å². The van der Waals surface area contributed by atoms with E-state index in [1.165, 1.54) is 36.2 Å². The van der Waals surface area contributed by atoms with Gasteiger partial charge in [-0.05, 0) is 56.0 Å². The van der Waals surface area contributed by atoms with E-state index in [9.17, 15) is 9.59 Å². The lowest BCUT2D eigenvalue weighted by Gasteiger charge is -2.26. The molecule has 2 aliphatic rings. The number of hydrogen-bond acceptors (Lipinski definition) is 5. The Labute approximate surface area is 204 Å². The van der Waals surface area contributed by atoms with Crippen molar-refractivity contribution in [3.05, 3.63) is 59.0 Å². The zero-order valence-electron chi connectivity index (χ0n) is 19.5. The van der Waals surface area contributed by atoms with Gasteiger partial charge in [0.15, 0.2) is 5.13 Å². The van der Waals surface area contributed by atoms with E-state index in [0.29, 0.717) is 11.0 Å². The van der Waals surface area contributed by atoms with Crippen LogP contribution in [-0.4, -0.2) is 29.9 Å². The molecule has 0 radical (unpaired) electrons. The van der Waals surface area contributed by atoms with Gasteiger partial charge in [0.1, 0.15) is 0 Å². The van der Waals surface area contributed by atoms with Crippen molar-refractivity contribution in [2.45, 2.75) is 45.4 Å². The van der Waals surface area contributed by atoms with Crippen molar-refractivity contribution in [2.24, 2.45) is 5.92 Å². The van der Waals surface area contributed by atoms with Gasteiger partial charge in [0.2, 0.25) is 11.8 Å². The van der Waals surface area contributed by atoms with Crippen LogP contribution in [-0.2, 0) is 16.0 Å². The van der Waals surface area contributed by atoms with Crippen molar-refractivity contribution < 1.29 is 9.59 Å². The number of carbonyl (C=O) groups excluding carboxylic acids is 2. The number of thiazole rings is 1. The lowest BCUT2D eigenvalue weighted by Crippen LogP contribution is -2.35. The average molecular weight is 475 g/mol. The second-order valence-corrected chi connectivity index (χ2v) is 10.3.